The molecule has 1 amide bonds. The van der Waals surface area contributed by atoms with Gasteiger partial charge in [-0.15, -0.1) is 0 Å². The van der Waals surface area contributed by atoms with Gasteiger partial charge in [-0.05, 0) is 36.8 Å². The second kappa shape index (κ2) is 6.74. The molecule has 0 fully saturated rings. The summed E-state index contributed by atoms with van der Waals surface area (Å²) in [5.74, 6) is 1.22. The molecule has 1 heterocycles. The van der Waals surface area contributed by atoms with Crippen LogP contribution >= 0.6 is 0 Å². The topological polar surface area (TPSA) is 55.6 Å². The number of ether oxygens (including phenoxy) is 1. The maximum Gasteiger partial charge on any atom is 0.263 e. The van der Waals surface area contributed by atoms with Crippen LogP contribution in [-0.2, 0) is 11.3 Å². The van der Waals surface area contributed by atoms with Gasteiger partial charge in [0.1, 0.15) is 5.75 Å². The summed E-state index contributed by atoms with van der Waals surface area (Å²) in [6, 6.07) is 15.7. The van der Waals surface area contributed by atoms with Crippen LogP contribution in [0.2, 0.25) is 0 Å². The third kappa shape index (κ3) is 3.56. The monoisotopic (exact) mass is 324 g/mol. The Morgan fingerprint density at radius 1 is 1.21 bits per heavy atom. The van der Waals surface area contributed by atoms with Gasteiger partial charge < -0.3 is 14.2 Å². The fraction of sp³-hybridized carbons (Fsp3) is 0.263. The Bertz CT molecular complexity index is 856. The zero-order valence-electron chi connectivity index (χ0n) is 14.0. The van der Waals surface area contributed by atoms with E-state index < -0.39 is 6.10 Å². The molecule has 1 atom stereocenters. The molecule has 5 nitrogen and oxygen atoms in total. The van der Waals surface area contributed by atoms with E-state index in [0.717, 1.165) is 16.5 Å². The van der Waals surface area contributed by atoms with Crippen molar-refractivity contribution in [3.05, 3.63) is 60.0 Å². The summed E-state index contributed by atoms with van der Waals surface area (Å²) in [6.07, 6.45) is -0.583. The van der Waals surface area contributed by atoms with Crippen molar-refractivity contribution in [3.63, 3.8) is 0 Å². The molecular formula is C19H20N2O3. The maximum atomic E-state index is 12.5. The van der Waals surface area contributed by atoms with Gasteiger partial charge in [0.2, 0.25) is 0 Å². The molecule has 1 aromatic heterocycles. The number of hydrogen-bond donors (Lipinski definition) is 0. The summed E-state index contributed by atoms with van der Waals surface area (Å²) in [5.41, 5.74) is 0.798. The van der Waals surface area contributed by atoms with E-state index in [-0.39, 0.29) is 5.91 Å². The Morgan fingerprint density at radius 2 is 1.96 bits per heavy atom. The van der Waals surface area contributed by atoms with Gasteiger partial charge in [-0.1, -0.05) is 35.5 Å². The van der Waals surface area contributed by atoms with Crippen molar-refractivity contribution in [2.45, 2.75) is 26.5 Å². The maximum absolute atomic E-state index is 12.5. The van der Waals surface area contributed by atoms with Crippen LogP contribution in [0.5, 0.6) is 5.75 Å². The average molecular weight is 324 g/mol. The molecule has 5 heteroatoms. The third-order valence-corrected chi connectivity index (χ3v) is 3.83. The number of nitrogens with zero attached hydrogens (tertiary/aromatic N) is 2. The number of carbonyl (C=O) groups is 1. The van der Waals surface area contributed by atoms with Gasteiger partial charge >= 0.3 is 0 Å². The highest BCUT2D eigenvalue weighted by molar-refractivity contribution is 5.84. The number of rotatable bonds is 5. The van der Waals surface area contributed by atoms with E-state index in [1.807, 2.05) is 55.5 Å². The number of aromatic nitrogens is 1. The zero-order valence-corrected chi connectivity index (χ0v) is 14.0. The number of likely N-dealkylation sites (N-methyl/N-ethyl adjacent to an activating group) is 1. The van der Waals surface area contributed by atoms with Crippen LogP contribution in [0.15, 0.2) is 53.1 Å². The Hall–Kier alpha value is -2.82. The average Bonchev–Trinajstić information content (AvgIpc) is 2.98. The lowest BCUT2D eigenvalue weighted by molar-refractivity contribution is -0.137. The van der Waals surface area contributed by atoms with Crippen LogP contribution in [-0.4, -0.2) is 29.1 Å². The normalized spacial score (nSPS) is 12.1. The largest absolute Gasteiger partial charge is 0.481 e. The standard InChI is InChI=1S/C19H20N2O3/c1-13-10-18(24-20-13)12-21(3)19(22)14(2)23-17-9-8-15-6-4-5-7-16(15)11-17/h4-11,14H,12H2,1-3H3/t14-/m0/s1. The van der Waals surface area contributed by atoms with E-state index in [4.69, 9.17) is 9.26 Å². The van der Waals surface area contributed by atoms with E-state index in [9.17, 15) is 4.79 Å². The molecule has 24 heavy (non-hydrogen) atoms. The summed E-state index contributed by atoms with van der Waals surface area (Å²) in [4.78, 5) is 14.0. The van der Waals surface area contributed by atoms with Crippen molar-refractivity contribution < 1.29 is 14.1 Å². The summed E-state index contributed by atoms with van der Waals surface area (Å²) in [6.45, 7) is 3.96. The summed E-state index contributed by atoms with van der Waals surface area (Å²) in [7, 11) is 1.72. The van der Waals surface area contributed by atoms with Gasteiger partial charge in [-0.3, -0.25) is 4.79 Å². The molecule has 124 valence electrons. The van der Waals surface area contributed by atoms with Crippen molar-refractivity contribution in [3.8, 4) is 5.75 Å². The van der Waals surface area contributed by atoms with Gasteiger partial charge in [0.25, 0.3) is 5.91 Å². The lowest BCUT2D eigenvalue weighted by Crippen LogP contribution is -2.37. The van der Waals surface area contributed by atoms with Crippen LogP contribution in [0.4, 0.5) is 0 Å². The number of aryl methyl sites for hydroxylation is 1. The Morgan fingerprint density at radius 3 is 2.67 bits per heavy atom. The van der Waals surface area contributed by atoms with Crippen molar-refractivity contribution in [1.29, 1.82) is 0 Å². The van der Waals surface area contributed by atoms with E-state index in [0.29, 0.717) is 18.1 Å². The number of fused-ring (bicyclic) bond motifs is 1. The lowest BCUT2D eigenvalue weighted by atomic mass is 10.1. The van der Waals surface area contributed by atoms with Gasteiger partial charge in [0.05, 0.1) is 12.2 Å². The quantitative estimate of drug-likeness (QED) is 0.720. The van der Waals surface area contributed by atoms with Crippen LogP contribution < -0.4 is 4.74 Å². The van der Waals surface area contributed by atoms with Crippen LogP contribution in [0.3, 0.4) is 0 Å². The first-order valence-electron chi connectivity index (χ1n) is 7.85. The summed E-state index contributed by atoms with van der Waals surface area (Å²) in [5, 5.41) is 6.05. The predicted octanol–water partition coefficient (Wildman–Crippen LogP) is 3.56. The van der Waals surface area contributed by atoms with Gasteiger partial charge in [0, 0.05) is 13.1 Å². The molecule has 0 saturated carbocycles. The van der Waals surface area contributed by atoms with Crippen molar-refractivity contribution in [2.24, 2.45) is 0 Å². The van der Waals surface area contributed by atoms with Gasteiger partial charge in [0.15, 0.2) is 11.9 Å². The van der Waals surface area contributed by atoms with E-state index in [1.54, 1.807) is 18.9 Å². The van der Waals surface area contributed by atoms with E-state index in [1.165, 1.54) is 0 Å². The first-order valence-corrected chi connectivity index (χ1v) is 7.85. The van der Waals surface area contributed by atoms with Crippen molar-refractivity contribution in [2.75, 3.05) is 7.05 Å². The summed E-state index contributed by atoms with van der Waals surface area (Å²) >= 11 is 0. The number of amides is 1. The minimum Gasteiger partial charge on any atom is -0.481 e. The zero-order chi connectivity index (χ0) is 17.1. The minimum absolute atomic E-state index is 0.114. The molecule has 0 aliphatic heterocycles. The van der Waals surface area contributed by atoms with E-state index >= 15 is 0 Å². The number of carbonyl (C=O) groups excluding carboxylic acids is 1. The molecule has 0 unspecified atom stereocenters. The highest BCUT2D eigenvalue weighted by Gasteiger charge is 2.20. The Labute approximate surface area is 140 Å². The predicted molar refractivity (Wildman–Crippen MR) is 91.8 cm³/mol. The first-order chi connectivity index (χ1) is 11.5. The molecule has 2 aromatic carbocycles. The third-order valence-electron chi connectivity index (χ3n) is 3.83. The van der Waals surface area contributed by atoms with Crippen LogP contribution in [0.25, 0.3) is 10.8 Å². The molecule has 0 spiro atoms. The molecule has 0 aliphatic rings. The van der Waals surface area contributed by atoms with Gasteiger partial charge in [-0.2, -0.15) is 0 Å². The molecule has 3 rings (SSSR count). The highest BCUT2D eigenvalue weighted by Crippen LogP contribution is 2.21. The minimum atomic E-state index is -0.583. The van der Waals surface area contributed by atoms with Crippen LogP contribution in [0, 0.1) is 6.92 Å². The number of hydrogen-bond acceptors (Lipinski definition) is 4. The molecule has 0 aliphatic carbocycles. The fourth-order valence-corrected chi connectivity index (χ4v) is 2.61. The SMILES string of the molecule is Cc1cc(CN(C)C(=O)[C@H](C)Oc2ccc3ccccc3c2)on1. The Balaban J connectivity index is 1.66. The van der Waals surface area contributed by atoms with Gasteiger partial charge in [-0.25, -0.2) is 0 Å². The summed E-state index contributed by atoms with van der Waals surface area (Å²) < 4.78 is 11.0. The molecule has 0 N–H and O–H groups in total. The van der Waals surface area contributed by atoms with E-state index in [2.05, 4.69) is 5.16 Å². The second-order valence-corrected chi connectivity index (χ2v) is 5.90. The molecule has 0 radical (unpaired) electrons. The molecule has 0 bridgehead atoms. The fourth-order valence-electron chi connectivity index (χ4n) is 2.61. The van der Waals surface area contributed by atoms with Crippen molar-refractivity contribution >= 4 is 16.7 Å². The molecule has 3 aromatic rings. The Kier molecular flexibility index (Phi) is 4.51. The molecular weight excluding hydrogens is 304 g/mol. The lowest BCUT2D eigenvalue weighted by Gasteiger charge is -2.21. The smallest absolute Gasteiger partial charge is 0.263 e. The number of benzene rings is 2. The molecule has 0 saturated heterocycles. The second-order valence-electron chi connectivity index (χ2n) is 5.90. The highest BCUT2D eigenvalue weighted by atomic mass is 16.5. The van der Waals surface area contributed by atoms with Crippen LogP contribution in [0.1, 0.15) is 18.4 Å². The first kappa shape index (κ1) is 16.1. The van der Waals surface area contributed by atoms with Crippen molar-refractivity contribution in [1.82, 2.24) is 10.1 Å².